The van der Waals surface area contributed by atoms with E-state index >= 15 is 0 Å². The molecule has 0 fully saturated rings. The third kappa shape index (κ3) is 3.18. The number of hydrogen-bond acceptors (Lipinski definition) is 4. The minimum atomic E-state index is -1.03. The summed E-state index contributed by atoms with van der Waals surface area (Å²) < 4.78 is 5.19. The number of pyridine rings is 1. The number of nitrogens with one attached hydrogen (secondary N) is 1. The Balaban J connectivity index is 2.88. The van der Waals surface area contributed by atoms with Gasteiger partial charge >= 0.3 is 0 Å². The predicted molar refractivity (Wildman–Crippen MR) is 63.5 cm³/mol. The van der Waals surface area contributed by atoms with Crippen LogP contribution < -0.4 is 10.1 Å². The van der Waals surface area contributed by atoms with Crippen molar-refractivity contribution in [1.29, 1.82) is 0 Å². The van der Waals surface area contributed by atoms with E-state index in [1.54, 1.807) is 32.4 Å². The van der Waals surface area contributed by atoms with E-state index in [4.69, 9.17) is 4.74 Å². The second-order valence-electron chi connectivity index (χ2n) is 4.36. The van der Waals surface area contributed by atoms with Gasteiger partial charge < -0.3 is 15.2 Å². The number of aromatic nitrogens is 1. The fraction of sp³-hybridized carbons (Fsp3) is 0.583. The van der Waals surface area contributed by atoms with Crippen LogP contribution in [0.2, 0.25) is 0 Å². The highest BCUT2D eigenvalue weighted by molar-refractivity contribution is 5.31. The molecule has 4 nitrogen and oxygen atoms in total. The van der Waals surface area contributed by atoms with Gasteiger partial charge in [0.25, 0.3) is 0 Å². The minimum absolute atomic E-state index is 0.321. The normalized spacial score (nSPS) is 14.9. The monoisotopic (exact) mass is 224 g/mol. The van der Waals surface area contributed by atoms with Crippen LogP contribution in [0.15, 0.2) is 18.3 Å². The van der Waals surface area contributed by atoms with Gasteiger partial charge in [-0.05, 0) is 19.1 Å². The van der Waals surface area contributed by atoms with Crippen molar-refractivity contribution in [3.63, 3.8) is 0 Å². The van der Waals surface area contributed by atoms with Crippen LogP contribution in [0.1, 0.15) is 26.5 Å². The summed E-state index contributed by atoms with van der Waals surface area (Å²) in [6, 6.07) is 3.90. The standard InChI is InChI=1S/C12H20N2O2/c1-9(2)14-8-12(3,15)11-10(16-4)6-5-7-13-11/h5-7,9,14-15H,8H2,1-4H3. The van der Waals surface area contributed by atoms with Gasteiger partial charge in [-0.3, -0.25) is 4.98 Å². The van der Waals surface area contributed by atoms with Crippen molar-refractivity contribution in [3.05, 3.63) is 24.0 Å². The molecule has 0 aromatic carbocycles. The molecule has 16 heavy (non-hydrogen) atoms. The fourth-order valence-corrected chi connectivity index (χ4v) is 1.45. The van der Waals surface area contributed by atoms with E-state index in [0.29, 0.717) is 24.0 Å². The van der Waals surface area contributed by atoms with Crippen molar-refractivity contribution < 1.29 is 9.84 Å². The van der Waals surface area contributed by atoms with Gasteiger partial charge in [0, 0.05) is 18.8 Å². The summed E-state index contributed by atoms with van der Waals surface area (Å²) in [5, 5.41) is 13.5. The first kappa shape index (κ1) is 12.9. The predicted octanol–water partition coefficient (Wildman–Crippen LogP) is 1.30. The van der Waals surface area contributed by atoms with Gasteiger partial charge in [0.1, 0.15) is 17.0 Å². The Labute approximate surface area is 96.7 Å². The molecule has 1 atom stereocenters. The van der Waals surface area contributed by atoms with E-state index in [1.165, 1.54) is 0 Å². The van der Waals surface area contributed by atoms with Crippen molar-refractivity contribution in [3.8, 4) is 5.75 Å². The molecule has 0 saturated heterocycles. The van der Waals surface area contributed by atoms with Gasteiger partial charge in [-0.15, -0.1) is 0 Å². The molecule has 90 valence electrons. The number of ether oxygens (including phenoxy) is 1. The molecule has 0 amide bonds. The molecule has 1 aromatic heterocycles. The van der Waals surface area contributed by atoms with Crippen LogP contribution in [0.25, 0.3) is 0 Å². The molecule has 0 spiro atoms. The smallest absolute Gasteiger partial charge is 0.143 e. The van der Waals surface area contributed by atoms with Gasteiger partial charge in [0.05, 0.1) is 7.11 Å². The molecule has 0 bridgehead atoms. The van der Waals surface area contributed by atoms with Crippen LogP contribution in [-0.2, 0) is 5.60 Å². The molecule has 0 aliphatic heterocycles. The van der Waals surface area contributed by atoms with Gasteiger partial charge in [0.15, 0.2) is 0 Å². The van der Waals surface area contributed by atoms with Crippen LogP contribution in [0.3, 0.4) is 0 Å². The minimum Gasteiger partial charge on any atom is -0.495 e. The molecule has 1 heterocycles. The second kappa shape index (κ2) is 5.27. The topological polar surface area (TPSA) is 54.4 Å². The van der Waals surface area contributed by atoms with Crippen molar-refractivity contribution in [1.82, 2.24) is 10.3 Å². The Hall–Kier alpha value is -1.13. The van der Waals surface area contributed by atoms with Crippen LogP contribution in [-0.4, -0.2) is 29.8 Å². The van der Waals surface area contributed by atoms with Crippen LogP contribution >= 0.6 is 0 Å². The summed E-state index contributed by atoms with van der Waals surface area (Å²) in [5.41, 5.74) is -0.470. The first-order valence-electron chi connectivity index (χ1n) is 5.42. The molecule has 1 unspecified atom stereocenters. The molecule has 0 aliphatic rings. The summed E-state index contributed by atoms with van der Waals surface area (Å²) in [7, 11) is 1.58. The quantitative estimate of drug-likeness (QED) is 0.791. The van der Waals surface area contributed by atoms with E-state index < -0.39 is 5.60 Å². The van der Waals surface area contributed by atoms with Crippen molar-refractivity contribution in [2.24, 2.45) is 0 Å². The summed E-state index contributed by atoms with van der Waals surface area (Å²) in [6.45, 7) is 6.24. The molecular formula is C12H20N2O2. The first-order chi connectivity index (χ1) is 7.47. The number of hydrogen-bond donors (Lipinski definition) is 2. The Morgan fingerprint density at radius 2 is 2.25 bits per heavy atom. The highest BCUT2D eigenvalue weighted by Crippen LogP contribution is 2.26. The first-order valence-corrected chi connectivity index (χ1v) is 5.42. The lowest BCUT2D eigenvalue weighted by Crippen LogP contribution is -2.39. The van der Waals surface area contributed by atoms with E-state index in [9.17, 15) is 5.11 Å². The zero-order chi connectivity index (χ0) is 12.2. The zero-order valence-corrected chi connectivity index (χ0v) is 10.3. The second-order valence-corrected chi connectivity index (χ2v) is 4.36. The number of nitrogens with zero attached hydrogens (tertiary/aromatic N) is 1. The van der Waals surface area contributed by atoms with E-state index in [2.05, 4.69) is 10.3 Å². The van der Waals surface area contributed by atoms with Crippen LogP contribution in [0.5, 0.6) is 5.75 Å². The molecule has 1 rings (SSSR count). The van der Waals surface area contributed by atoms with Crippen molar-refractivity contribution in [2.45, 2.75) is 32.4 Å². The largest absolute Gasteiger partial charge is 0.495 e. The maximum absolute atomic E-state index is 10.3. The highest BCUT2D eigenvalue weighted by atomic mass is 16.5. The molecule has 0 aliphatic carbocycles. The van der Waals surface area contributed by atoms with E-state index in [0.717, 1.165) is 0 Å². The molecule has 0 saturated carbocycles. The summed E-state index contributed by atoms with van der Waals surface area (Å²) in [4.78, 5) is 4.18. The Bertz CT molecular complexity index is 338. The molecule has 4 heteroatoms. The van der Waals surface area contributed by atoms with Gasteiger partial charge in [-0.1, -0.05) is 13.8 Å². The summed E-state index contributed by atoms with van der Waals surface area (Å²) in [5.74, 6) is 0.609. The van der Waals surface area contributed by atoms with E-state index in [1.807, 2.05) is 13.8 Å². The third-order valence-corrected chi connectivity index (χ3v) is 2.36. The average molecular weight is 224 g/mol. The Morgan fingerprint density at radius 3 is 2.81 bits per heavy atom. The Kier molecular flexibility index (Phi) is 4.26. The molecule has 1 aromatic rings. The number of aliphatic hydroxyl groups is 1. The highest BCUT2D eigenvalue weighted by Gasteiger charge is 2.28. The third-order valence-electron chi connectivity index (χ3n) is 2.36. The number of methoxy groups -OCH3 is 1. The lowest BCUT2D eigenvalue weighted by molar-refractivity contribution is 0.0477. The van der Waals surface area contributed by atoms with Crippen molar-refractivity contribution in [2.75, 3.05) is 13.7 Å². The van der Waals surface area contributed by atoms with E-state index in [-0.39, 0.29) is 0 Å². The number of rotatable bonds is 5. The van der Waals surface area contributed by atoms with Gasteiger partial charge in [-0.25, -0.2) is 0 Å². The maximum Gasteiger partial charge on any atom is 0.143 e. The SMILES string of the molecule is COc1cccnc1C(C)(O)CNC(C)C. The zero-order valence-electron chi connectivity index (χ0n) is 10.3. The van der Waals surface area contributed by atoms with Gasteiger partial charge in [0.2, 0.25) is 0 Å². The van der Waals surface area contributed by atoms with Crippen molar-refractivity contribution >= 4 is 0 Å². The molecule has 0 radical (unpaired) electrons. The lowest BCUT2D eigenvalue weighted by atomic mass is 10.0. The average Bonchev–Trinajstić information content (AvgIpc) is 2.26. The van der Waals surface area contributed by atoms with Gasteiger partial charge in [-0.2, -0.15) is 0 Å². The maximum atomic E-state index is 10.3. The summed E-state index contributed by atoms with van der Waals surface area (Å²) in [6.07, 6.45) is 1.65. The summed E-state index contributed by atoms with van der Waals surface area (Å²) >= 11 is 0. The van der Waals surface area contributed by atoms with Crippen LogP contribution in [0, 0.1) is 0 Å². The molecular weight excluding hydrogens is 204 g/mol. The van der Waals surface area contributed by atoms with Crippen LogP contribution in [0.4, 0.5) is 0 Å². The fourth-order valence-electron chi connectivity index (χ4n) is 1.45. The Morgan fingerprint density at radius 1 is 1.56 bits per heavy atom. The molecule has 2 N–H and O–H groups in total. The lowest BCUT2D eigenvalue weighted by Gasteiger charge is -2.25.